The largest absolute Gasteiger partial charge is 0.358 e. The summed E-state index contributed by atoms with van der Waals surface area (Å²) in [7, 11) is 0. The second-order valence-corrected chi connectivity index (χ2v) is 5.24. The fraction of sp³-hybridized carbons (Fsp3) is 0.750. The number of hydrogen-bond acceptors (Lipinski definition) is 5. The molecule has 0 saturated carbocycles. The van der Waals surface area contributed by atoms with E-state index in [4.69, 9.17) is 5.73 Å². The highest BCUT2D eigenvalue weighted by molar-refractivity contribution is 5.18. The average molecular weight is 267 g/mol. The molecule has 7 nitrogen and oxygen atoms in total. The van der Waals surface area contributed by atoms with Crippen LogP contribution in [0.1, 0.15) is 25.6 Å². The molecule has 2 N–H and O–H groups in total. The molecule has 1 saturated heterocycles. The highest BCUT2D eigenvalue weighted by Crippen LogP contribution is 2.18. The first-order valence-electron chi connectivity index (χ1n) is 6.65. The van der Waals surface area contributed by atoms with Crippen LogP contribution in [0.2, 0.25) is 0 Å². The van der Waals surface area contributed by atoms with Crippen LogP contribution in [-0.4, -0.2) is 44.5 Å². The molecule has 0 aromatic carbocycles. The zero-order chi connectivity index (χ0) is 14.0. The van der Waals surface area contributed by atoms with E-state index in [0.717, 1.165) is 25.9 Å². The predicted molar refractivity (Wildman–Crippen MR) is 71.9 cm³/mol. The number of aromatic nitrogens is 2. The first-order chi connectivity index (χ1) is 8.99. The lowest BCUT2D eigenvalue weighted by Crippen LogP contribution is -2.46. The predicted octanol–water partition coefficient (Wildman–Crippen LogP) is 0.911. The first kappa shape index (κ1) is 14.0. The van der Waals surface area contributed by atoms with E-state index in [2.05, 4.69) is 16.8 Å². The second-order valence-electron chi connectivity index (χ2n) is 5.24. The molecule has 0 amide bonds. The van der Waals surface area contributed by atoms with E-state index < -0.39 is 0 Å². The molecule has 1 aromatic heterocycles. The molecule has 0 aliphatic carbocycles. The molecule has 0 spiro atoms. The number of hydrogen-bond donors (Lipinski definition) is 1. The number of aryl methyl sites for hydroxylation is 1. The molecule has 0 bridgehead atoms. The molecule has 0 radical (unpaired) electrons. The van der Waals surface area contributed by atoms with Crippen molar-refractivity contribution in [2.45, 2.75) is 45.3 Å². The van der Waals surface area contributed by atoms with Crippen molar-refractivity contribution in [3.05, 3.63) is 22.1 Å². The van der Waals surface area contributed by atoms with Gasteiger partial charge in [-0.1, -0.05) is 0 Å². The Labute approximate surface area is 112 Å². The number of rotatable bonds is 4. The van der Waals surface area contributed by atoms with E-state index in [0.29, 0.717) is 18.4 Å². The van der Waals surface area contributed by atoms with Crippen molar-refractivity contribution in [2.24, 2.45) is 5.73 Å². The van der Waals surface area contributed by atoms with Crippen LogP contribution in [0, 0.1) is 17.0 Å². The van der Waals surface area contributed by atoms with Gasteiger partial charge in [0.05, 0.1) is 0 Å². The van der Waals surface area contributed by atoms with Crippen LogP contribution in [0.15, 0.2) is 6.20 Å². The lowest BCUT2D eigenvalue weighted by Gasteiger charge is -2.35. The monoisotopic (exact) mass is 267 g/mol. The molecule has 1 aromatic rings. The van der Waals surface area contributed by atoms with E-state index in [1.54, 1.807) is 11.5 Å². The van der Waals surface area contributed by atoms with Gasteiger partial charge >= 0.3 is 5.82 Å². The van der Waals surface area contributed by atoms with E-state index in [9.17, 15) is 10.1 Å². The van der Waals surface area contributed by atoms with Crippen molar-refractivity contribution in [3.8, 4) is 0 Å². The van der Waals surface area contributed by atoms with Gasteiger partial charge in [-0.05, 0) is 24.7 Å². The molecule has 2 atom stereocenters. The van der Waals surface area contributed by atoms with Crippen molar-refractivity contribution < 1.29 is 4.92 Å². The van der Waals surface area contributed by atoms with Crippen molar-refractivity contribution >= 4 is 5.82 Å². The number of piperidine rings is 1. The summed E-state index contributed by atoms with van der Waals surface area (Å²) in [5.41, 5.74) is 5.93. The Morgan fingerprint density at radius 1 is 1.58 bits per heavy atom. The number of imidazole rings is 1. The van der Waals surface area contributed by atoms with Crippen molar-refractivity contribution in [1.82, 2.24) is 14.5 Å². The van der Waals surface area contributed by atoms with Gasteiger partial charge in [0.1, 0.15) is 12.7 Å². The summed E-state index contributed by atoms with van der Waals surface area (Å²) in [4.78, 5) is 16.9. The van der Waals surface area contributed by atoms with Gasteiger partial charge in [0.25, 0.3) is 0 Å². The van der Waals surface area contributed by atoms with Gasteiger partial charge in [0.15, 0.2) is 5.82 Å². The maximum Gasteiger partial charge on any atom is 0.342 e. The summed E-state index contributed by atoms with van der Waals surface area (Å²) in [5, 5.41) is 10.9. The van der Waals surface area contributed by atoms with E-state index in [-0.39, 0.29) is 16.8 Å². The number of likely N-dealkylation sites (tertiary alicyclic amines) is 1. The fourth-order valence-corrected chi connectivity index (χ4v) is 2.70. The molecule has 7 heteroatoms. The minimum absolute atomic E-state index is 0.0684. The third kappa shape index (κ3) is 3.10. The Balaban J connectivity index is 1.99. The molecular formula is C12H21N5O2. The zero-order valence-corrected chi connectivity index (χ0v) is 11.5. The summed E-state index contributed by atoms with van der Waals surface area (Å²) >= 11 is 0. The maximum absolute atomic E-state index is 10.9. The number of nitrogens with zero attached hydrogens (tertiary/aromatic N) is 4. The fourth-order valence-electron chi connectivity index (χ4n) is 2.70. The van der Waals surface area contributed by atoms with Crippen LogP contribution < -0.4 is 5.73 Å². The molecule has 106 valence electrons. The van der Waals surface area contributed by atoms with Gasteiger partial charge < -0.3 is 15.8 Å². The molecular weight excluding hydrogens is 246 g/mol. The SMILES string of the molecule is Cc1ncc([N+](=O)[O-])n1CCN1CCC(N)CC1C. The van der Waals surface area contributed by atoms with Crippen LogP contribution in [-0.2, 0) is 6.54 Å². The molecule has 1 fully saturated rings. The minimum atomic E-state index is -0.379. The van der Waals surface area contributed by atoms with Crippen molar-refractivity contribution in [3.63, 3.8) is 0 Å². The van der Waals surface area contributed by atoms with Gasteiger partial charge in [-0.25, -0.2) is 9.55 Å². The third-order valence-electron chi connectivity index (χ3n) is 3.89. The van der Waals surface area contributed by atoms with Crippen LogP contribution in [0.3, 0.4) is 0 Å². The molecule has 19 heavy (non-hydrogen) atoms. The lowest BCUT2D eigenvalue weighted by molar-refractivity contribution is -0.392. The molecule has 2 heterocycles. The minimum Gasteiger partial charge on any atom is -0.358 e. The van der Waals surface area contributed by atoms with E-state index in [1.807, 2.05) is 0 Å². The Morgan fingerprint density at radius 2 is 2.32 bits per heavy atom. The summed E-state index contributed by atoms with van der Waals surface area (Å²) in [6.45, 7) is 6.31. The van der Waals surface area contributed by atoms with Crippen LogP contribution >= 0.6 is 0 Å². The van der Waals surface area contributed by atoms with Crippen LogP contribution in [0.4, 0.5) is 5.82 Å². The smallest absolute Gasteiger partial charge is 0.342 e. The zero-order valence-electron chi connectivity index (χ0n) is 11.5. The molecule has 2 rings (SSSR count). The van der Waals surface area contributed by atoms with E-state index in [1.165, 1.54) is 6.20 Å². The standard InChI is InChI=1S/C12H21N5O2/c1-9-7-11(13)3-4-15(9)5-6-16-10(2)14-8-12(16)17(18)19/h8-9,11H,3-7,13H2,1-2H3. The number of nitro groups is 1. The normalized spacial score (nSPS) is 24.6. The van der Waals surface area contributed by atoms with E-state index >= 15 is 0 Å². The van der Waals surface area contributed by atoms with Gasteiger partial charge in [-0.15, -0.1) is 0 Å². The van der Waals surface area contributed by atoms with Gasteiger partial charge in [0.2, 0.25) is 0 Å². The van der Waals surface area contributed by atoms with Crippen LogP contribution in [0.5, 0.6) is 0 Å². The third-order valence-corrected chi connectivity index (χ3v) is 3.89. The summed E-state index contributed by atoms with van der Waals surface area (Å²) in [6, 6.07) is 0.724. The summed E-state index contributed by atoms with van der Waals surface area (Å²) in [5.74, 6) is 0.756. The Morgan fingerprint density at radius 3 is 2.95 bits per heavy atom. The quantitative estimate of drug-likeness (QED) is 0.647. The van der Waals surface area contributed by atoms with Crippen LogP contribution in [0.25, 0.3) is 0 Å². The molecule has 2 unspecified atom stereocenters. The van der Waals surface area contributed by atoms with Crippen molar-refractivity contribution in [1.29, 1.82) is 0 Å². The molecule has 1 aliphatic heterocycles. The highest BCUT2D eigenvalue weighted by Gasteiger charge is 2.24. The molecule has 1 aliphatic rings. The number of nitrogens with two attached hydrogens (primary N) is 1. The average Bonchev–Trinajstić information content (AvgIpc) is 2.70. The highest BCUT2D eigenvalue weighted by atomic mass is 16.6. The first-order valence-corrected chi connectivity index (χ1v) is 6.65. The lowest BCUT2D eigenvalue weighted by atomic mass is 9.99. The van der Waals surface area contributed by atoms with Gasteiger partial charge in [-0.3, -0.25) is 4.90 Å². The van der Waals surface area contributed by atoms with Crippen molar-refractivity contribution in [2.75, 3.05) is 13.1 Å². The topological polar surface area (TPSA) is 90.2 Å². The maximum atomic E-state index is 10.9. The summed E-state index contributed by atoms with van der Waals surface area (Å²) in [6.07, 6.45) is 3.31. The van der Waals surface area contributed by atoms with Gasteiger partial charge in [-0.2, -0.15) is 0 Å². The summed E-state index contributed by atoms with van der Waals surface area (Å²) < 4.78 is 1.67. The van der Waals surface area contributed by atoms with Gasteiger partial charge in [0, 0.05) is 32.1 Å². The second kappa shape index (κ2) is 5.66. The Hall–Kier alpha value is -1.47. The Bertz CT molecular complexity index is 459. The Kier molecular flexibility index (Phi) is 4.16.